The fraction of sp³-hybridized carbons (Fsp3) is 0.692. The van der Waals surface area contributed by atoms with E-state index in [1.807, 2.05) is 13.8 Å². The highest BCUT2D eigenvalue weighted by molar-refractivity contribution is 6.30. The minimum atomic E-state index is 0.123. The maximum absolute atomic E-state index is 6.06. The summed E-state index contributed by atoms with van der Waals surface area (Å²) in [5.41, 5.74) is 1.69. The molecule has 2 unspecified atom stereocenters. The van der Waals surface area contributed by atoms with Gasteiger partial charge >= 0.3 is 0 Å². The first-order chi connectivity index (χ1) is 8.60. The van der Waals surface area contributed by atoms with Crippen LogP contribution in [-0.4, -0.2) is 29.3 Å². The van der Waals surface area contributed by atoms with E-state index in [0.29, 0.717) is 11.0 Å². The van der Waals surface area contributed by atoms with Gasteiger partial charge in [0, 0.05) is 13.5 Å². The molecule has 0 radical (unpaired) electrons. The Balaban J connectivity index is 2.07. The van der Waals surface area contributed by atoms with Gasteiger partial charge in [0.1, 0.15) is 6.10 Å². The Morgan fingerprint density at radius 3 is 2.50 bits per heavy atom. The Bertz CT molecular complexity index is 426. The lowest BCUT2D eigenvalue weighted by Crippen LogP contribution is -2.30. The first-order valence-electron chi connectivity index (χ1n) is 6.30. The largest absolute Gasteiger partial charge is 0.472 e. The van der Waals surface area contributed by atoms with Crippen molar-refractivity contribution in [2.24, 2.45) is 0 Å². The van der Waals surface area contributed by atoms with Crippen LogP contribution in [0.3, 0.4) is 0 Å². The van der Waals surface area contributed by atoms with Crippen LogP contribution in [0, 0.1) is 13.8 Å². The second-order valence-corrected chi connectivity index (χ2v) is 5.11. The van der Waals surface area contributed by atoms with Crippen molar-refractivity contribution in [3.8, 4) is 5.88 Å². The zero-order valence-electron chi connectivity index (χ0n) is 11.1. The molecule has 18 heavy (non-hydrogen) atoms. The van der Waals surface area contributed by atoms with Gasteiger partial charge < -0.3 is 9.47 Å². The minimum absolute atomic E-state index is 0.123. The highest BCUT2D eigenvalue weighted by atomic mass is 35.5. The van der Waals surface area contributed by atoms with Crippen LogP contribution in [0.4, 0.5) is 0 Å². The molecule has 0 aliphatic heterocycles. The van der Waals surface area contributed by atoms with Crippen LogP contribution in [0.5, 0.6) is 5.88 Å². The SMILES string of the molecule is COC1CCCC(Oc2nc(C)c(C)nc2Cl)C1. The van der Waals surface area contributed by atoms with Crippen molar-refractivity contribution in [2.75, 3.05) is 7.11 Å². The van der Waals surface area contributed by atoms with Gasteiger partial charge in [-0.15, -0.1) is 0 Å². The number of methoxy groups -OCH3 is 1. The maximum Gasteiger partial charge on any atom is 0.252 e. The number of rotatable bonds is 3. The number of aryl methyl sites for hydroxylation is 2. The molecule has 5 heteroatoms. The predicted octanol–water partition coefficient (Wildman–Crippen LogP) is 3.08. The summed E-state index contributed by atoms with van der Waals surface area (Å²) in [5, 5.41) is 0.345. The number of halogens is 1. The Morgan fingerprint density at radius 1 is 1.11 bits per heavy atom. The van der Waals surface area contributed by atoms with Gasteiger partial charge in [0.15, 0.2) is 5.15 Å². The van der Waals surface area contributed by atoms with Crippen LogP contribution < -0.4 is 4.74 Å². The lowest BCUT2D eigenvalue weighted by molar-refractivity contribution is 0.0193. The Labute approximate surface area is 113 Å². The molecule has 100 valence electrons. The zero-order valence-corrected chi connectivity index (χ0v) is 11.8. The molecule has 1 aromatic rings. The normalized spacial score (nSPS) is 24.0. The quantitative estimate of drug-likeness (QED) is 0.847. The lowest BCUT2D eigenvalue weighted by Gasteiger charge is -2.28. The van der Waals surface area contributed by atoms with Crippen LogP contribution in [0.15, 0.2) is 0 Å². The predicted molar refractivity (Wildman–Crippen MR) is 70.2 cm³/mol. The summed E-state index contributed by atoms with van der Waals surface area (Å²) in [6, 6.07) is 0. The Morgan fingerprint density at radius 2 is 1.78 bits per heavy atom. The van der Waals surface area contributed by atoms with Gasteiger partial charge in [-0.05, 0) is 33.1 Å². The van der Waals surface area contributed by atoms with E-state index in [-0.39, 0.29) is 12.2 Å². The standard InChI is InChI=1S/C13H19ClN2O2/c1-8-9(2)16-13(12(14)15-8)18-11-6-4-5-10(7-11)17-3/h10-11H,4-7H2,1-3H3. The van der Waals surface area contributed by atoms with Crippen molar-refractivity contribution < 1.29 is 9.47 Å². The molecular weight excluding hydrogens is 252 g/mol. The molecule has 1 aliphatic rings. The monoisotopic (exact) mass is 270 g/mol. The Hall–Kier alpha value is -0.870. The van der Waals surface area contributed by atoms with Crippen LogP contribution in [-0.2, 0) is 4.74 Å². The third-order valence-electron chi connectivity index (χ3n) is 3.42. The number of nitrogens with zero attached hydrogens (tertiary/aromatic N) is 2. The molecule has 1 aromatic heterocycles. The molecule has 0 saturated heterocycles. The van der Waals surface area contributed by atoms with E-state index in [1.54, 1.807) is 7.11 Å². The van der Waals surface area contributed by atoms with Crippen molar-refractivity contribution in [1.82, 2.24) is 9.97 Å². The molecule has 0 bridgehead atoms. The number of hydrogen-bond donors (Lipinski definition) is 0. The van der Waals surface area contributed by atoms with Crippen molar-refractivity contribution in [3.63, 3.8) is 0 Å². The summed E-state index contributed by atoms with van der Waals surface area (Å²) in [6.45, 7) is 3.80. The fourth-order valence-electron chi connectivity index (χ4n) is 2.21. The smallest absolute Gasteiger partial charge is 0.252 e. The first-order valence-corrected chi connectivity index (χ1v) is 6.68. The summed E-state index contributed by atoms with van der Waals surface area (Å²) < 4.78 is 11.3. The van der Waals surface area contributed by atoms with E-state index in [1.165, 1.54) is 0 Å². The second kappa shape index (κ2) is 5.85. The summed E-state index contributed by atoms with van der Waals surface area (Å²) in [6.07, 6.45) is 4.52. The third kappa shape index (κ3) is 3.12. The van der Waals surface area contributed by atoms with Crippen molar-refractivity contribution in [2.45, 2.75) is 51.7 Å². The molecule has 0 spiro atoms. The summed E-state index contributed by atoms with van der Waals surface area (Å²) >= 11 is 6.06. The topological polar surface area (TPSA) is 44.2 Å². The summed E-state index contributed by atoms with van der Waals surface area (Å²) in [4.78, 5) is 8.58. The maximum atomic E-state index is 6.06. The number of hydrogen-bond acceptors (Lipinski definition) is 4. The molecule has 2 rings (SSSR count). The molecule has 1 aliphatic carbocycles. The summed E-state index contributed by atoms with van der Waals surface area (Å²) in [7, 11) is 1.75. The van der Waals surface area contributed by atoms with Gasteiger partial charge in [-0.2, -0.15) is 0 Å². The van der Waals surface area contributed by atoms with Gasteiger partial charge in [-0.25, -0.2) is 9.97 Å². The molecule has 2 atom stereocenters. The fourth-order valence-corrected chi connectivity index (χ4v) is 2.42. The van der Waals surface area contributed by atoms with Crippen LogP contribution in [0.1, 0.15) is 37.1 Å². The highest BCUT2D eigenvalue weighted by Crippen LogP contribution is 2.28. The summed E-state index contributed by atoms with van der Waals surface area (Å²) in [5.74, 6) is 0.446. The van der Waals surface area contributed by atoms with Crippen molar-refractivity contribution in [3.05, 3.63) is 16.5 Å². The van der Waals surface area contributed by atoms with E-state index in [9.17, 15) is 0 Å². The molecule has 1 heterocycles. The average Bonchev–Trinajstić information content (AvgIpc) is 2.36. The Kier molecular flexibility index (Phi) is 4.40. The van der Waals surface area contributed by atoms with E-state index < -0.39 is 0 Å². The molecule has 0 N–H and O–H groups in total. The van der Waals surface area contributed by atoms with Crippen molar-refractivity contribution in [1.29, 1.82) is 0 Å². The van der Waals surface area contributed by atoms with Gasteiger partial charge in [-0.1, -0.05) is 11.6 Å². The van der Waals surface area contributed by atoms with E-state index in [2.05, 4.69) is 9.97 Å². The molecule has 4 nitrogen and oxygen atoms in total. The van der Waals surface area contributed by atoms with Gasteiger partial charge in [-0.3, -0.25) is 0 Å². The molecule has 1 saturated carbocycles. The van der Waals surface area contributed by atoms with Crippen LogP contribution in [0.25, 0.3) is 0 Å². The molecule has 0 amide bonds. The lowest BCUT2D eigenvalue weighted by atomic mass is 9.95. The zero-order chi connectivity index (χ0) is 13.1. The van der Waals surface area contributed by atoms with E-state index in [4.69, 9.17) is 21.1 Å². The van der Waals surface area contributed by atoms with Crippen molar-refractivity contribution >= 4 is 11.6 Å². The van der Waals surface area contributed by atoms with Crippen LogP contribution in [0.2, 0.25) is 5.15 Å². The third-order valence-corrected chi connectivity index (χ3v) is 3.67. The highest BCUT2D eigenvalue weighted by Gasteiger charge is 2.24. The van der Waals surface area contributed by atoms with Gasteiger partial charge in [0.25, 0.3) is 5.88 Å². The van der Waals surface area contributed by atoms with Gasteiger partial charge in [0.05, 0.1) is 17.5 Å². The van der Waals surface area contributed by atoms with E-state index in [0.717, 1.165) is 37.1 Å². The second-order valence-electron chi connectivity index (χ2n) is 4.75. The first kappa shape index (κ1) is 13.6. The molecule has 0 aromatic carbocycles. The van der Waals surface area contributed by atoms with Gasteiger partial charge in [0.2, 0.25) is 0 Å². The molecule has 1 fully saturated rings. The minimum Gasteiger partial charge on any atom is -0.472 e. The molecular formula is C13H19ClN2O2. The number of ether oxygens (including phenoxy) is 2. The average molecular weight is 271 g/mol. The van der Waals surface area contributed by atoms with Crippen LogP contribution >= 0.6 is 11.6 Å². The van der Waals surface area contributed by atoms with E-state index >= 15 is 0 Å². The number of aromatic nitrogens is 2.